The predicted molar refractivity (Wildman–Crippen MR) is 61.7 cm³/mol. The number of rotatable bonds is 3. The summed E-state index contributed by atoms with van der Waals surface area (Å²) in [6, 6.07) is 1.38. The summed E-state index contributed by atoms with van der Waals surface area (Å²) in [5.74, 6) is 0.415. The van der Waals surface area contributed by atoms with Gasteiger partial charge in [0.1, 0.15) is 17.5 Å². The molecule has 1 aromatic heterocycles. The molecule has 0 unspecified atom stereocenters. The fourth-order valence-electron chi connectivity index (χ4n) is 1.08. The topological polar surface area (TPSA) is 75.6 Å². The lowest BCUT2D eigenvalue weighted by Gasteiger charge is -2.11. The molecule has 2 N–H and O–H groups in total. The molecule has 18 heavy (non-hydrogen) atoms. The minimum absolute atomic E-state index is 0.0625. The summed E-state index contributed by atoms with van der Waals surface area (Å²) >= 11 is 1.08. The van der Waals surface area contributed by atoms with E-state index in [2.05, 4.69) is 9.97 Å². The Morgan fingerprint density at radius 2 is 2.00 bits per heavy atom. The number of nitrogens with zero attached hydrogens (tertiary/aromatic N) is 3. The van der Waals surface area contributed by atoms with Gasteiger partial charge in [-0.15, -0.1) is 0 Å². The molecule has 0 saturated carbocycles. The molecule has 0 fully saturated rings. The molecule has 1 heterocycles. The lowest BCUT2D eigenvalue weighted by atomic mass is 10.2. The Kier molecular flexibility index (Phi) is 4.40. The predicted octanol–water partition coefficient (Wildman–Crippen LogP) is 2.70. The monoisotopic (exact) mass is 276 g/mol. The zero-order valence-corrected chi connectivity index (χ0v) is 10.6. The SMILES string of the molecule is CC(C)CSc1nc(N)c(C#N)c(C(F)(F)F)n1. The van der Waals surface area contributed by atoms with Crippen molar-refractivity contribution in [2.75, 3.05) is 11.5 Å². The summed E-state index contributed by atoms with van der Waals surface area (Å²) in [5.41, 5.74) is 3.35. The molecule has 0 spiro atoms. The molecule has 0 aliphatic heterocycles. The molecule has 0 aromatic carbocycles. The molecule has 1 rings (SSSR count). The number of alkyl halides is 3. The first kappa shape index (κ1) is 14.6. The van der Waals surface area contributed by atoms with Crippen LogP contribution in [0.2, 0.25) is 0 Å². The average Bonchev–Trinajstić information content (AvgIpc) is 2.24. The van der Waals surface area contributed by atoms with Crippen LogP contribution in [0.25, 0.3) is 0 Å². The van der Waals surface area contributed by atoms with Crippen molar-refractivity contribution < 1.29 is 13.2 Å². The maximum Gasteiger partial charge on any atom is 0.434 e. The number of nitrogen functional groups attached to an aromatic ring is 1. The highest BCUT2D eigenvalue weighted by Gasteiger charge is 2.37. The third kappa shape index (κ3) is 3.50. The molecule has 0 aliphatic carbocycles. The van der Waals surface area contributed by atoms with Crippen LogP contribution < -0.4 is 5.73 Å². The summed E-state index contributed by atoms with van der Waals surface area (Å²) in [6.45, 7) is 3.84. The second-order valence-electron chi connectivity index (χ2n) is 3.93. The lowest BCUT2D eigenvalue weighted by Crippen LogP contribution is -2.15. The van der Waals surface area contributed by atoms with E-state index in [9.17, 15) is 13.2 Å². The normalized spacial score (nSPS) is 11.6. The number of nitrogens with two attached hydrogens (primary N) is 1. The van der Waals surface area contributed by atoms with Crippen LogP contribution in [0.5, 0.6) is 0 Å². The van der Waals surface area contributed by atoms with Gasteiger partial charge in [0.2, 0.25) is 0 Å². The number of anilines is 1. The van der Waals surface area contributed by atoms with Gasteiger partial charge in [0, 0.05) is 5.75 Å². The van der Waals surface area contributed by atoms with E-state index in [1.54, 1.807) is 0 Å². The van der Waals surface area contributed by atoms with E-state index in [-0.39, 0.29) is 11.1 Å². The average molecular weight is 276 g/mol. The highest BCUT2D eigenvalue weighted by atomic mass is 32.2. The minimum Gasteiger partial charge on any atom is -0.382 e. The Morgan fingerprint density at radius 3 is 2.44 bits per heavy atom. The lowest BCUT2D eigenvalue weighted by molar-refractivity contribution is -0.141. The number of thioether (sulfide) groups is 1. The van der Waals surface area contributed by atoms with Gasteiger partial charge in [-0.2, -0.15) is 18.4 Å². The zero-order chi connectivity index (χ0) is 13.9. The quantitative estimate of drug-likeness (QED) is 0.678. The fourth-order valence-corrected chi connectivity index (χ4v) is 1.88. The third-order valence-corrected chi connectivity index (χ3v) is 3.12. The van der Waals surface area contributed by atoms with Crippen molar-refractivity contribution in [2.24, 2.45) is 5.92 Å². The summed E-state index contributed by atoms with van der Waals surface area (Å²) in [5, 5.41) is 8.59. The summed E-state index contributed by atoms with van der Waals surface area (Å²) in [7, 11) is 0. The highest BCUT2D eigenvalue weighted by molar-refractivity contribution is 7.99. The van der Waals surface area contributed by atoms with Crippen LogP contribution in [0.15, 0.2) is 5.16 Å². The van der Waals surface area contributed by atoms with E-state index >= 15 is 0 Å². The van der Waals surface area contributed by atoms with Crippen molar-refractivity contribution >= 4 is 17.6 Å². The molecule has 98 valence electrons. The van der Waals surface area contributed by atoms with Gasteiger partial charge in [-0.05, 0) is 5.92 Å². The number of hydrogen-bond acceptors (Lipinski definition) is 5. The Morgan fingerprint density at radius 1 is 1.39 bits per heavy atom. The Hall–Kier alpha value is -1.49. The van der Waals surface area contributed by atoms with E-state index in [0.29, 0.717) is 5.75 Å². The van der Waals surface area contributed by atoms with Gasteiger partial charge in [-0.3, -0.25) is 0 Å². The van der Waals surface area contributed by atoms with Crippen molar-refractivity contribution in [3.63, 3.8) is 0 Å². The largest absolute Gasteiger partial charge is 0.434 e. The van der Waals surface area contributed by atoms with Crippen molar-refractivity contribution in [3.05, 3.63) is 11.3 Å². The molecular formula is C10H11F3N4S. The van der Waals surface area contributed by atoms with Crippen LogP contribution in [0.3, 0.4) is 0 Å². The molecule has 1 aromatic rings. The van der Waals surface area contributed by atoms with Gasteiger partial charge in [-0.1, -0.05) is 25.6 Å². The molecule has 0 radical (unpaired) electrons. The van der Waals surface area contributed by atoms with Crippen LogP contribution in [0.1, 0.15) is 25.1 Å². The number of nitriles is 1. The molecule has 0 amide bonds. The smallest absolute Gasteiger partial charge is 0.382 e. The van der Waals surface area contributed by atoms with E-state index < -0.39 is 23.3 Å². The Balaban J connectivity index is 3.19. The van der Waals surface area contributed by atoms with Crippen LogP contribution in [-0.2, 0) is 6.18 Å². The maximum atomic E-state index is 12.7. The van der Waals surface area contributed by atoms with Crippen molar-refractivity contribution in [3.8, 4) is 6.07 Å². The van der Waals surface area contributed by atoms with Gasteiger partial charge in [0.15, 0.2) is 10.9 Å². The maximum absolute atomic E-state index is 12.7. The molecule has 4 nitrogen and oxygen atoms in total. The van der Waals surface area contributed by atoms with Gasteiger partial charge in [0.05, 0.1) is 0 Å². The highest BCUT2D eigenvalue weighted by Crippen LogP contribution is 2.33. The second-order valence-corrected chi connectivity index (χ2v) is 4.92. The molecule has 8 heteroatoms. The first-order valence-electron chi connectivity index (χ1n) is 5.03. The standard InChI is InChI=1S/C10H11F3N4S/c1-5(2)4-18-9-16-7(10(11,12)13)6(3-14)8(15)17-9/h5H,4H2,1-2H3,(H2,15,16,17). The van der Waals surface area contributed by atoms with E-state index in [1.165, 1.54) is 6.07 Å². The van der Waals surface area contributed by atoms with Gasteiger partial charge >= 0.3 is 6.18 Å². The van der Waals surface area contributed by atoms with Crippen molar-refractivity contribution in [1.29, 1.82) is 5.26 Å². The molecule has 0 saturated heterocycles. The molecule has 0 atom stereocenters. The third-order valence-electron chi connectivity index (χ3n) is 1.84. The van der Waals surface area contributed by atoms with Crippen molar-refractivity contribution in [2.45, 2.75) is 25.2 Å². The van der Waals surface area contributed by atoms with Crippen LogP contribution in [0.4, 0.5) is 19.0 Å². The number of hydrogen-bond donors (Lipinski definition) is 1. The number of halogens is 3. The zero-order valence-electron chi connectivity index (χ0n) is 9.75. The second kappa shape index (κ2) is 5.44. The first-order chi connectivity index (χ1) is 8.25. The summed E-state index contributed by atoms with van der Waals surface area (Å²) in [4.78, 5) is 7.07. The number of aromatic nitrogens is 2. The molecule has 0 aliphatic rings. The van der Waals surface area contributed by atoms with Gasteiger partial charge in [-0.25, -0.2) is 9.97 Å². The van der Waals surface area contributed by atoms with Crippen LogP contribution in [-0.4, -0.2) is 15.7 Å². The van der Waals surface area contributed by atoms with E-state index in [4.69, 9.17) is 11.0 Å². The molecular weight excluding hydrogens is 265 g/mol. The summed E-state index contributed by atoms with van der Waals surface area (Å²) in [6.07, 6.45) is -4.71. The van der Waals surface area contributed by atoms with E-state index in [1.807, 2.05) is 13.8 Å². The summed E-state index contributed by atoms with van der Waals surface area (Å²) < 4.78 is 38.1. The minimum atomic E-state index is -4.71. The van der Waals surface area contributed by atoms with Crippen LogP contribution >= 0.6 is 11.8 Å². The molecule has 0 bridgehead atoms. The van der Waals surface area contributed by atoms with Crippen LogP contribution in [0, 0.1) is 17.2 Å². The van der Waals surface area contributed by atoms with Gasteiger partial charge < -0.3 is 5.73 Å². The first-order valence-corrected chi connectivity index (χ1v) is 6.02. The van der Waals surface area contributed by atoms with E-state index in [0.717, 1.165) is 11.8 Å². The van der Waals surface area contributed by atoms with Gasteiger partial charge in [0.25, 0.3) is 0 Å². The Bertz CT molecular complexity index is 479. The fraction of sp³-hybridized carbons (Fsp3) is 0.500. The Labute approximate surface area is 106 Å². The van der Waals surface area contributed by atoms with Crippen molar-refractivity contribution in [1.82, 2.24) is 9.97 Å².